The van der Waals surface area contributed by atoms with Crippen molar-refractivity contribution < 1.29 is 4.79 Å². The maximum Gasteiger partial charge on any atom is 0.225 e. The van der Waals surface area contributed by atoms with Gasteiger partial charge in [0.1, 0.15) is 0 Å². The van der Waals surface area contributed by atoms with Crippen molar-refractivity contribution in [1.29, 1.82) is 0 Å². The Morgan fingerprint density at radius 2 is 1.77 bits per heavy atom. The van der Waals surface area contributed by atoms with E-state index in [1.807, 2.05) is 42.5 Å². The molecule has 0 unspecified atom stereocenters. The third-order valence-electron chi connectivity index (χ3n) is 5.54. The van der Waals surface area contributed by atoms with Crippen molar-refractivity contribution in [2.45, 2.75) is 44.6 Å². The zero-order valence-corrected chi connectivity index (χ0v) is 15.1. The molecule has 0 bridgehead atoms. The first-order valence-corrected chi connectivity index (χ1v) is 9.74. The first-order chi connectivity index (χ1) is 12.8. The Labute approximate surface area is 154 Å². The largest absolute Gasteiger partial charge is 0.354 e. The molecule has 0 spiro atoms. The van der Waals surface area contributed by atoms with Crippen molar-refractivity contribution in [1.82, 2.24) is 15.5 Å². The number of carbonyl (C=O) groups excluding carboxylic acids is 1. The summed E-state index contributed by atoms with van der Waals surface area (Å²) < 4.78 is 0. The number of benzene rings is 1. The Balaban J connectivity index is 1.40. The maximum absolute atomic E-state index is 12.6. The van der Waals surface area contributed by atoms with E-state index in [2.05, 4.69) is 20.4 Å². The van der Waals surface area contributed by atoms with Crippen LogP contribution in [-0.4, -0.2) is 35.2 Å². The molecule has 2 aromatic rings. The van der Waals surface area contributed by atoms with Gasteiger partial charge in [-0.05, 0) is 37.8 Å². The lowest BCUT2D eigenvalue weighted by atomic mass is 9.96. The van der Waals surface area contributed by atoms with Gasteiger partial charge in [-0.3, -0.25) is 4.79 Å². The Morgan fingerprint density at radius 1 is 0.962 bits per heavy atom. The predicted octanol–water partition coefficient (Wildman–Crippen LogP) is 3.42. The minimum atomic E-state index is 0.0555. The van der Waals surface area contributed by atoms with Crippen molar-refractivity contribution in [2.24, 2.45) is 5.92 Å². The van der Waals surface area contributed by atoms with Crippen LogP contribution in [0.15, 0.2) is 42.5 Å². The summed E-state index contributed by atoms with van der Waals surface area (Å²) in [6, 6.07) is 14.5. The van der Waals surface area contributed by atoms with Gasteiger partial charge >= 0.3 is 0 Å². The smallest absolute Gasteiger partial charge is 0.225 e. The van der Waals surface area contributed by atoms with E-state index in [0.29, 0.717) is 6.04 Å². The van der Waals surface area contributed by atoms with Crippen molar-refractivity contribution >= 4 is 11.7 Å². The molecule has 26 heavy (non-hydrogen) atoms. The van der Waals surface area contributed by atoms with Gasteiger partial charge in [0.2, 0.25) is 5.91 Å². The minimum Gasteiger partial charge on any atom is -0.354 e. The van der Waals surface area contributed by atoms with E-state index >= 15 is 0 Å². The molecule has 1 amide bonds. The molecule has 1 aromatic heterocycles. The summed E-state index contributed by atoms with van der Waals surface area (Å²) in [6.45, 7) is 1.67. The Bertz CT molecular complexity index is 725. The molecular weight excluding hydrogens is 324 g/mol. The number of amides is 1. The number of carbonyl (C=O) groups is 1. The van der Waals surface area contributed by atoms with E-state index in [9.17, 15) is 4.79 Å². The van der Waals surface area contributed by atoms with Gasteiger partial charge in [-0.15, -0.1) is 10.2 Å². The van der Waals surface area contributed by atoms with Gasteiger partial charge in [0.15, 0.2) is 5.82 Å². The molecule has 1 aliphatic heterocycles. The number of nitrogens with one attached hydrogen (secondary N) is 1. The van der Waals surface area contributed by atoms with Gasteiger partial charge in [-0.2, -0.15) is 0 Å². The van der Waals surface area contributed by atoms with Crippen molar-refractivity contribution in [3.8, 4) is 11.3 Å². The summed E-state index contributed by atoms with van der Waals surface area (Å²) in [7, 11) is 0. The fourth-order valence-corrected chi connectivity index (χ4v) is 4.05. The molecule has 136 valence electrons. The van der Waals surface area contributed by atoms with Crippen LogP contribution in [0, 0.1) is 5.92 Å². The van der Waals surface area contributed by atoms with Crippen LogP contribution >= 0.6 is 0 Å². The average Bonchev–Trinajstić information content (AvgIpc) is 3.22. The maximum atomic E-state index is 12.6. The van der Waals surface area contributed by atoms with Crippen LogP contribution in [0.5, 0.6) is 0 Å². The van der Waals surface area contributed by atoms with Crippen LogP contribution in [0.2, 0.25) is 0 Å². The van der Waals surface area contributed by atoms with E-state index in [1.54, 1.807) is 0 Å². The lowest BCUT2D eigenvalue weighted by Crippen LogP contribution is -2.45. The highest BCUT2D eigenvalue weighted by molar-refractivity contribution is 5.80. The number of aromatic nitrogens is 2. The summed E-state index contributed by atoms with van der Waals surface area (Å²) in [5.74, 6) is 1.14. The zero-order chi connectivity index (χ0) is 17.8. The Morgan fingerprint density at radius 3 is 2.50 bits per heavy atom. The van der Waals surface area contributed by atoms with Crippen LogP contribution in [0.25, 0.3) is 11.3 Å². The lowest BCUT2D eigenvalue weighted by molar-refractivity contribution is -0.125. The third kappa shape index (κ3) is 3.87. The number of hydrogen-bond acceptors (Lipinski definition) is 4. The molecule has 1 N–H and O–H groups in total. The highest BCUT2D eigenvalue weighted by atomic mass is 16.2. The van der Waals surface area contributed by atoms with Gasteiger partial charge < -0.3 is 10.2 Å². The van der Waals surface area contributed by atoms with Gasteiger partial charge in [-0.25, -0.2) is 0 Å². The number of anilines is 1. The molecule has 0 radical (unpaired) electrons. The summed E-state index contributed by atoms with van der Waals surface area (Å²) >= 11 is 0. The standard InChI is InChI=1S/C21H26N4O/c26-21(22-18-10-4-5-11-18)17-9-6-14-25(15-17)20-13-12-19(23-24-20)16-7-2-1-3-8-16/h1-3,7-8,12-13,17-18H,4-6,9-11,14-15H2,(H,22,26)/t17-/m0/s1. The van der Waals surface area contributed by atoms with E-state index in [0.717, 1.165) is 55.8 Å². The topological polar surface area (TPSA) is 58.1 Å². The third-order valence-corrected chi connectivity index (χ3v) is 5.54. The predicted molar refractivity (Wildman–Crippen MR) is 103 cm³/mol. The highest BCUT2D eigenvalue weighted by Crippen LogP contribution is 2.24. The van der Waals surface area contributed by atoms with Gasteiger partial charge in [0.25, 0.3) is 0 Å². The molecule has 1 aromatic carbocycles. The molecule has 2 heterocycles. The normalized spacial score (nSPS) is 20.9. The fraction of sp³-hybridized carbons (Fsp3) is 0.476. The van der Waals surface area contributed by atoms with Gasteiger partial charge in [-0.1, -0.05) is 43.2 Å². The van der Waals surface area contributed by atoms with E-state index in [4.69, 9.17) is 0 Å². The summed E-state index contributed by atoms with van der Waals surface area (Å²) in [5, 5.41) is 12.1. The summed E-state index contributed by atoms with van der Waals surface area (Å²) in [4.78, 5) is 14.8. The molecule has 1 atom stereocenters. The zero-order valence-electron chi connectivity index (χ0n) is 15.1. The van der Waals surface area contributed by atoms with E-state index in [-0.39, 0.29) is 11.8 Å². The summed E-state index contributed by atoms with van der Waals surface area (Å²) in [6.07, 6.45) is 6.73. The first kappa shape index (κ1) is 17.0. The molecular formula is C21H26N4O. The molecule has 1 aliphatic carbocycles. The van der Waals surface area contributed by atoms with E-state index in [1.165, 1.54) is 12.8 Å². The molecule has 2 aliphatic rings. The highest BCUT2D eigenvalue weighted by Gasteiger charge is 2.28. The molecule has 5 nitrogen and oxygen atoms in total. The fourth-order valence-electron chi connectivity index (χ4n) is 4.05. The van der Waals surface area contributed by atoms with Crippen LogP contribution in [0.3, 0.4) is 0 Å². The number of piperidine rings is 1. The molecule has 4 rings (SSSR count). The quantitative estimate of drug-likeness (QED) is 0.918. The Kier molecular flexibility index (Phi) is 5.14. The number of rotatable bonds is 4. The minimum absolute atomic E-state index is 0.0555. The van der Waals surface area contributed by atoms with Crippen molar-refractivity contribution in [3.63, 3.8) is 0 Å². The second kappa shape index (κ2) is 7.85. The van der Waals surface area contributed by atoms with E-state index < -0.39 is 0 Å². The van der Waals surface area contributed by atoms with Crippen LogP contribution < -0.4 is 10.2 Å². The Hall–Kier alpha value is -2.43. The first-order valence-electron chi connectivity index (χ1n) is 9.74. The lowest BCUT2D eigenvalue weighted by Gasteiger charge is -2.33. The van der Waals surface area contributed by atoms with Crippen LogP contribution in [0.1, 0.15) is 38.5 Å². The summed E-state index contributed by atoms with van der Waals surface area (Å²) in [5.41, 5.74) is 1.95. The average molecular weight is 350 g/mol. The molecule has 1 saturated carbocycles. The van der Waals surface area contributed by atoms with Gasteiger partial charge in [0.05, 0.1) is 11.6 Å². The van der Waals surface area contributed by atoms with Crippen molar-refractivity contribution in [2.75, 3.05) is 18.0 Å². The van der Waals surface area contributed by atoms with Gasteiger partial charge in [0, 0.05) is 24.7 Å². The number of nitrogens with zero attached hydrogens (tertiary/aromatic N) is 3. The molecule has 5 heteroatoms. The second-order valence-electron chi connectivity index (χ2n) is 7.42. The number of hydrogen-bond donors (Lipinski definition) is 1. The van der Waals surface area contributed by atoms with Crippen molar-refractivity contribution in [3.05, 3.63) is 42.5 Å². The van der Waals surface area contributed by atoms with Crippen LogP contribution in [-0.2, 0) is 4.79 Å². The molecule has 2 fully saturated rings. The molecule has 1 saturated heterocycles. The van der Waals surface area contributed by atoms with Crippen LogP contribution in [0.4, 0.5) is 5.82 Å². The second-order valence-corrected chi connectivity index (χ2v) is 7.42. The monoisotopic (exact) mass is 350 g/mol. The SMILES string of the molecule is O=C(NC1CCCC1)[C@H]1CCCN(c2ccc(-c3ccccc3)nn2)C1.